The van der Waals surface area contributed by atoms with Gasteiger partial charge in [0, 0.05) is 12.1 Å². The molecule has 1 aromatic heterocycles. The number of unbranched alkanes of at least 4 members (excludes halogenated alkanes) is 1. The summed E-state index contributed by atoms with van der Waals surface area (Å²) in [6.45, 7) is 5.20. The quantitative estimate of drug-likeness (QED) is 0.812. The maximum atomic E-state index is 4.28. The Morgan fingerprint density at radius 3 is 2.56 bits per heavy atom. The molecule has 3 nitrogen and oxygen atoms in total. The van der Waals surface area contributed by atoms with Crippen molar-refractivity contribution in [3.63, 3.8) is 0 Å². The average molecular weight is 241 g/mol. The standard InChI is InChI=1S/C15H19N3/c1-3-4-10-16-15-12(2)11-14(17-18-15)13-8-6-5-7-9-13/h5-9,11H,3-4,10H2,1-2H3,(H,16,18). The van der Waals surface area contributed by atoms with Gasteiger partial charge in [-0.15, -0.1) is 10.2 Å². The van der Waals surface area contributed by atoms with Gasteiger partial charge in [0.05, 0.1) is 5.69 Å². The van der Waals surface area contributed by atoms with E-state index in [4.69, 9.17) is 0 Å². The Labute approximate surface area is 108 Å². The van der Waals surface area contributed by atoms with Crippen LogP contribution in [0.3, 0.4) is 0 Å². The molecule has 0 aliphatic heterocycles. The normalized spacial score (nSPS) is 10.3. The summed E-state index contributed by atoms with van der Waals surface area (Å²) in [6.07, 6.45) is 2.34. The Kier molecular flexibility index (Phi) is 4.29. The molecule has 0 amide bonds. The molecule has 94 valence electrons. The van der Waals surface area contributed by atoms with Crippen molar-refractivity contribution < 1.29 is 0 Å². The minimum Gasteiger partial charge on any atom is -0.368 e. The first-order valence-electron chi connectivity index (χ1n) is 6.45. The van der Waals surface area contributed by atoms with Crippen molar-refractivity contribution in [3.05, 3.63) is 42.0 Å². The lowest BCUT2D eigenvalue weighted by Gasteiger charge is -2.08. The third-order valence-corrected chi connectivity index (χ3v) is 2.88. The van der Waals surface area contributed by atoms with Crippen LogP contribution in [0, 0.1) is 6.92 Å². The number of aromatic nitrogens is 2. The van der Waals surface area contributed by atoms with Crippen LogP contribution >= 0.6 is 0 Å². The molecule has 3 heteroatoms. The number of benzene rings is 1. The number of aryl methyl sites for hydroxylation is 1. The van der Waals surface area contributed by atoms with Crippen LogP contribution < -0.4 is 5.32 Å². The van der Waals surface area contributed by atoms with Crippen molar-refractivity contribution in [1.29, 1.82) is 0 Å². The first kappa shape index (κ1) is 12.6. The third-order valence-electron chi connectivity index (χ3n) is 2.88. The molecule has 0 spiro atoms. The zero-order valence-electron chi connectivity index (χ0n) is 11.0. The highest BCUT2D eigenvalue weighted by molar-refractivity contribution is 5.61. The van der Waals surface area contributed by atoms with E-state index in [1.165, 1.54) is 6.42 Å². The van der Waals surface area contributed by atoms with E-state index < -0.39 is 0 Å². The molecule has 2 rings (SSSR count). The lowest BCUT2D eigenvalue weighted by Crippen LogP contribution is -2.06. The maximum absolute atomic E-state index is 4.28. The van der Waals surface area contributed by atoms with Crippen LogP contribution in [-0.2, 0) is 0 Å². The highest BCUT2D eigenvalue weighted by atomic mass is 15.2. The minimum absolute atomic E-state index is 0.892. The van der Waals surface area contributed by atoms with Crippen molar-refractivity contribution in [2.24, 2.45) is 0 Å². The van der Waals surface area contributed by atoms with E-state index in [0.717, 1.165) is 35.6 Å². The van der Waals surface area contributed by atoms with E-state index in [2.05, 4.69) is 35.4 Å². The predicted octanol–water partition coefficient (Wildman–Crippen LogP) is 3.66. The van der Waals surface area contributed by atoms with Crippen molar-refractivity contribution in [2.45, 2.75) is 26.7 Å². The van der Waals surface area contributed by atoms with Gasteiger partial charge in [0.15, 0.2) is 5.82 Å². The molecule has 0 fully saturated rings. The van der Waals surface area contributed by atoms with Crippen LogP contribution in [0.15, 0.2) is 36.4 Å². The van der Waals surface area contributed by atoms with E-state index in [9.17, 15) is 0 Å². The summed E-state index contributed by atoms with van der Waals surface area (Å²) >= 11 is 0. The summed E-state index contributed by atoms with van der Waals surface area (Å²) in [5.74, 6) is 0.892. The molecule has 1 N–H and O–H groups in total. The van der Waals surface area contributed by atoms with Gasteiger partial charge in [0.2, 0.25) is 0 Å². The zero-order valence-corrected chi connectivity index (χ0v) is 11.0. The molecule has 18 heavy (non-hydrogen) atoms. The van der Waals surface area contributed by atoms with Crippen LogP contribution in [0.5, 0.6) is 0 Å². The molecule has 0 aliphatic carbocycles. The molecule has 0 atom stereocenters. The zero-order chi connectivity index (χ0) is 12.8. The lowest BCUT2D eigenvalue weighted by atomic mass is 10.1. The summed E-state index contributed by atoms with van der Waals surface area (Å²) in [6, 6.07) is 12.2. The number of anilines is 1. The van der Waals surface area contributed by atoms with Gasteiger partial charge in [0.1, 0.15) is 0 Å². The van der Waals surface area contributed by atoms with Gasteiger partial charge in [-0.25, -0.2) is 0 Å². The fraction of sp³-hybridized carbons (Fsp3) is 0.333. The van der Waals surface area contributed by atoms with E-state index >= 15 is 0 Å². The van der Waals surface area contributed by atoms with Crippen LogP contribution in [0.25, 0.3) is 11.3 Å². The molecule has 0 unspecified atom stereocenters. The van der Waals surface area contributed by atoms with Crippen molar-refractivity contribution >= 4 is 5.82 Å². The van der Waals surface area contributed by atoms with Gasteiger partial charge in [-0.1, -0.05) is 43.7 Å². The maximum Gasteiger partial charge on any atom is 0.151 e. The predicted molar refractivity (Wildman–Crippen MR) is 75.6 cm³/mol. The second-order valence-electron chi connectivity index (χ2n) is 4.41. The smallest absolute Gasteiger partial charge is 0.151 e. The number of rotatable bonds is 5. The van der Waals surface area contributed by atoms with Crippen LogP contribution in [-0.4, -0.2) is 16.7 Å². The number of nitrogens with zero attached hydrogens (tertiary/aromatic N) is 2. The lowest BCUT2D eigenvalue weighted by molar-refractivity contribution is 0.825. The molecular weight excluding hydrogens is 222 g/mol. The third kappa shape index (κ3) is 3.06. The number of hydrogen-bond acceptors (Lipinski definition) is 3. The molecule has 1 heterocycles. The van der Waals surface area contributed by atoms with Crippen molar-refractivity contribution in [1.82, 2.24) is 10.2 Å². The van der Waals surface area contributed by atoms with Gasteiger partial charge in [-0.3, -0.25) is 0 Å². The van der Waals surface area contributed by atoms with Gasteiger partial charge < -0.3 is 5.32 Å². The van der Waals surface area contributed by atoms with E-state index in [1.54, 1.807) is 0 Å². The average Bonchev–Trinajstić information content (AvgIpc) is 2.42. The monoisotopic (exact) mass is 241 g/mol. The SMILES string of the molecule is CCCCNc1nnc(-c2ccccc2)cc1C. The number of hydrogen-bond donors (Lipinski definition) is 1. The van der Waals surface area contributed by atoms with Crippen molar-refractivity contribution in [2.75, 3.05) is 11.9 Å². The van der Waals surface area contributed by atoms with Gasteiger partial charge in [-0.2, -0.15) is 0 Å². The molecule has 1 aromatic carbocycles. The Bertz CT molecular complexity index is 494. The van der Waals surface area contributed by atoms with E-state index in [-0.39, 0.29) is 0 Å². The second kappa shape index (κ2) is 6.15. The Balaban J connectivity index is 2.15. The summed E-state index contributed by atoms with van der Waals surface area (Å²) in [5, 5.41) is 11.9. The van der Waals surface area contributed by atoms with Crippen LogP contribution in [0.2, 0.25) is 0 Å². The topological polar surface area (TPSA) is 37.8 Å². The Morgan fingerprint density at radius 2 is 1.89 bits per heavy atom. The fourth-order valence-corrected chi connectivity index (χ4v) is 1.79. The first-order valence-corrected chi connectivity index (χ1v) is 6.45. The summed E-state index contributed by atoms with van der Waals surface area (Å²) < 4.78 is 0. The van der Waals surface area contributed by atoms with Crippen LogP contribution in [0.4, 0.5) is 5.82 Å². The van der Waals surface area contributed by atoms with Crippen LogP contribution in [0.1, 0.15) is 25.3 Å². The molecule has 0 bridgehead atoms. The summed E-state index contributed by atoms with van der Waals surface area (Å²) in [7, 11) is 0. The molecular formula is C15H19N3. The van der Waals surface area contributed by atoms with Gasteiger partial charge in [-0.05, 0) is 25.0 Å². The molecule has 0 radical (unpaired) electrons. The second-order valence-corrected chi connectivity index (χ2v) is 4.41. The molecule has 2 aromatic rings. The van der Waals surface area contributed by atoms with Gasteiger partial charge in [0.25, 0.3) is 0 Å². The summed E-state index contributed by atoms with van der Waals surface area (Å²) in [4.78, 5) is 0. The van der Waals surface area contributed by atoms with Crippen molar-refractivity contribution in [3.8, 4) is 11.3 Å². The Hall–Kier alpha value is -1.90. The highest BCUT2D eigenvalue weighted by Gasteiger charge is 2.04. The van der Waals surface area contributed by atoms with Gasteiger partial charge >= 0.3 is 0 Å². The Morgan fingerprint density at radius 1 is 1.11 bits per heavy atom. The molecule has 0 saturated carbocycles. The molecule has 0 aliphatic rings. The van der Waals surface area contributed by atoms with E-state index in [1.807, 2.05) is 30.3 Å². The largest absolute Gasteiger partial charge is 0.368 e. The first-order chi connectivity index (χ1) is 8.81. The number of nitrogens with one attached hydrogen (secondary N) is 1. The summed E-state index contributed by atoms with van der Waals surface area (Å²) in [5.41, 5.74) is 3.17. The fourth-order valence-electron chi connectivity index (χ4n) is 1.79. The minimum atomic E-state index is 0.892. The molecule has 0 saturated heterocycles. The van der Waals surface area contributed by atoms with E-state index in [0.29, 0.717) is 0 Å². The highest BCUT2D eigenvalue weighted by Crippen LogP contribution is 2.19.